The lowest BCUT2D eigenvalue weighted by atomic mass is 10.3. The third kappa shape index (κ3) is 1.94. The van der Waals surface area contributed by atoms with Gasteiger partial charge in [-0.3, -0.25) is 4.31 Å². The minimum Gasteiger partial charge on any atom is -0.345 e. The van der Waals surface area contributed by atoms with Gasteiger partial charge < -0.3 is 4.98 Å². The largest absolute Gasteiger partial charge is 0.345 e. The van der Waals surface area contributed by atoms with Gasteiger partial charge in [-0.2, -0.15) is 0 Å². The molecule has 0 bridgehead atoms. The van der Waals surface area contributed by atoms with Crippen LogP contribution in [0.5, 0.6) is 0 Å². The van der Waals surface area contributed by atoms with E-state index >= 15 is 0 Å². The Morgan fingerprint density at radius 3 is 2.60 bits per heavy atom. The molecule has 0 aliphatic rings. The van der Waals surface area contributed by atoms with Crippen LogP contribution < -0.4 is 4.31 Å². The number of hydrogen-bond acceptors (Lipinski definition) is 3. The minimum absolute atomic E-state index is 0.229. The van der Waals surface area contributed by atoms with Crippen LogP contribution in [-0.4, -0.2) is 25.4 Å². The first-order valence-corrected chi connectivity index (χ1v) is 7.51. The summed E-state index contributed by atoms with van der Waals surface area (Å²) >= 11 is 0. The van der Waals surface area contributed by atoms with Crippen LogP contribution >= 0.6 is 0 Å². The zero-order chi connectivity index (χ0) is 14.2. The van der Waals surface area contributed by atoms with E-state index in [9.17, 15) is 8.42 Å². The number of anilines is 1. The Kier molecular flexibility index (Phi) is 2.94. The van der Waals surface area contributed by atoms with Gasteiger partial charge in [0.15, 0.2) is 0 Å². The molecular formula is C14H13N3O2S. The molecule has 0 unspecified atom stereocenters. The summed E-state index contributed by atoms with van der Waals surface area (Å²) in [5.74, 6) is 0. The van der Waals surface area contributed by atoms with E-state index in [1.54, 1.807) is 49.6 Å². The van der Waals surface area contributed by atoms with Crippen LogP contribution in [0.1, 0.15) is 0 Å². The fourth-order valence-corrected chi connectivity index (χ4v) is 3.41. The van der Waals surface area contributed by atoms with Crippen LogP contribution in [0.4, 0.5) is 5.69 Å². The van der Waals surface area contributed by atoms with E-state index in [1.165, 1.54) is 10.5 Å². The summed E-state index contributed by atoms with van der Waals surface area (Å²) < 4.78 is 26.6. The van der Waals surface area contributed by atoms with Crippen molar-refractivity contribution in [2.75, 3.05) is 11.4 Å². The number of rotatable bonds is 3. The Hall–Kier alpha value is -2.34. The highest BCUT2D eigenvalue weighted by Crippen LogP contribution is 2.26. The second-order valence-corrected chi connectivity index (χ2v) is 6.30. The van der Waals surface area contributed by atoms with Gasteiger partial charge in [0.2, 0.25) is 0 Å². The molecule has 0 aliphatic heterocycles. The number of aromatic nitrogens is 2. The average Bonchev–Trinajstić information content (AvgIpc) is 2.92. The quantitative estimate of drug-likeness (QED) is 0.804. The molecule has 1 N–H and O–H groups in total. The van der Waals surface area contributed by atoms with Gasteiger partial charge in [0.1, 0.15) is 10.5 Å². The minimum atomic E-state index is -3.61. The van der Waals surface area contributed by atoms with Gasteiger partial charge in [-0.1, -0.05) is 18.2 Å². The Morgan fingerprint density at radius 2 is 1.85 bits per heavy atom. The number of para-hydroxylation sites is 1. The molecule has 102 valence electrons. The smallest absolute Gasteiger partial charge is 0.266 e. The number of pyridine rings is 1. The van der Waals surface area contributed by atoms with Crippen molar-refractivity contribution < 1.29 is 8.42 Å². The van der Waals surface area contributed by atoms with Crippen LogP contribution in [0, 0.1) is 0 Å². The van der Waals surface area contributed by atoms with Crippen molar-refractivity contribution in [1.82, 2.24) is 9.97 Å². The monoisotopic (exact) mass is 287 g/mol. The number of nitrogens with zero attached hydrogens (tertiary/aromatic N) is 2. The molecule has 3 aromatic rings. The summed E-state index contributed by atoms with van der Waals surface area (Å²) in [6, 6.07) is 12.4. The summed E-state index contributed by atoms with van der Waals surface area (Å²) in [4.78, 5) is 7.22. The van der Waals surface area contributed by atoms with Gasteiger partial charge in [-0.05, 0) is 24.3 Å². The Morgan fingerprint density at radius 1 is 1.10 bits per heavy atom. The molecule has 0 aliphatic carbocycles. The fourth-order valence-electron chi connectivity index (χ4n) is 2.07. The number of hydrogen-bond donors (Lipinski definition) is 1. The van der Waals surface area contributed by atoms with Gasteiger partial charge in [0, 0.05) is 24.8 Å². The maximum atomic E-state index is 12.7. The molecule has 2 heterocycles. The van der Waals surface area contributed by atoms with Crippen molar-refractivity contribution in [3.8, 4) is 0 Å². The highest BCUT2D eigenvalue weighted by atomic mass is 32.2. The lowest BCUT2D eigenvalue weighted by Gasteiger charge is -2.18. The second-order valence-electron chi connectivity index (χ2n) is 4.36. The van der Waals surface area contributed by atoms with Gasteiger partial charge in [0.05, 0.1) is 5.69 Å². The van der Waals surface area contributed by atoms with E-state index in [0.29, 0.717) is 16.7 Å². The second kappa shape index (κ2) is 4.64. The third-order valence-corrected chi connectivity index (χ3v) is 5.00. The lowest BCUT2D eigenvalue weighted by Crippen LogP contribution is -2.26. The molecule has 1 aromatic carbocycles. The predicted octanol–water partition coefficient (Wildman–Crippen LogP) is 2.39. The van der Waals surface area contributed by atoms with Gasteiger partial charge >= 0.3 is 0 Å². The Labute approximate surface area is 116 Å². The molecule has 0 atom stereocenters. The van der Waals surface area contributed by atoms with E-state index in [4.69, 9.17) is 0 Å². The summed E-state index contributed by atoms with van der Waals surface area (Å²) in [6.45, 7) is 0. The maximum Gasteiger partial charge on any atom is 0.266 e. The molecule has 0 saturated heterocycles. The maximum absolute atomic E-state index is 12.7. The van der Waals surface area contributed by atoms with E-state index in [-0.39, 0.29) is 4.90 Å². The van der Waals surface area contributed by atoms with E-state index < -0.39 is 10.0 Å². The standard InChI is InChI=1S/C14H13N3O2S/c1-17(11-6-3-2-4-7-11)20(18,19)13-10-16-14-12(13)8-5-9-15-14/h2-10H,1H3,(H,15,16). The number of sulfonamides is 1. The summed E-state index contributed by atoms with van der Waals surface area (Å²) in [6.07, 6.45) is 3.10. The van der Waals surface area contributed by atoms with Crippen molar-refractivity contribution >= 4 is 26.7 Å². The number of nitrogens with one attached hydrogen (secondary N) is 1. The first kappa shape index (κ1) is 12.7. The number of H-pyrrole nitrogens is 1. The van der Waals surface area contributed by atoms with E-state index in [0.717, 1.165) is 0 Å². The number of fused-ring (bicyclic) bond motifs is 1. The first-order chi connectivity index (χ1) is 9.60. The average molecular weight is 287 g/mol. The third-order valence-electron chi connectivity index (χ3n) is 3.17. The number of benzene rings is 1. The SMILES string of the molecule is CN(c1ccccc1)S(=O)(=O)c1c[nH]c2ncccc12. The van der Waals surface area contributed by atoms with Crippen LogP contribution in [0.25, 0.3) is 11.0 Å². The zero-order valence-electron chi connectivity index (χ0n) is 10.8. The molecule has 5 nitrogen and oxygen atoms in total. The molecule has 20 heavy (non-hydrogen) atoms. The molecule has 0 amide bonds. The van der Waals surface area contributed by atoms with Crippen LogP contribution in [0.3, 0.4) is 0 Å². The van der Waals surface area contributed by atoms with Gasteiger partial charge in [-0.25, -0.2) is 13.4 Å². The Bertz CT molecular complexity index is 841. The fraction of sp³-hybridized carbons (Fsp3) is 0.0714. The molecule has 3 rings (SSSR count). The summed E-state index contributed by atoms with van der Waals surface area (Å²) in [5.41, 5.74) is 1.18. The topological polar surface area (TPSA) is 66.1 Å². The molecule has 0 radical (unpaired) electrons. The normalized spacial score (nSPS) is 11.7. The van der Waals surface area contributed by atoms with E-state index in [2.05, 4.69) is 9.97 Å². The molecular weight excluding hydrogens is 274 g/mol. The molecule has 6 heteroatoms. The Balaban J connectivity index is 2.13. The highest BCUT2D eigenvalue weighted by molar-refractivity contribution is 7.93. The van der Waals surface area contributed by atoms with Crippen molar-refractivity contribution in [3.63, 3.8) is 0 Å². The highest BCUT2D eigenvalue weighted by Gasteiger charge is 2.24. The first-order valence-electron chi connectivity index (χ1n) is 6.07. The molecule has 0 spiro atoms. The summed E-state index contributed by atoms with van der Waals surface area (Å²) in [5, 5.41) is 0.593. The molecule has 2 aromatic heterocycles. The van der Waals surface area contributed by atoms with E-state index in [1.807, 2.05) is 6.07 Å². The van der Waals surface area contributed by atoms with Crippen molar-refractivity contribution in [2.24, 2.45) is 0 Å². The zero-order valence-corrected chi connectivity index (χ0v) is 11.6. The van der Waals surface area contributed by atoms with Crippen molar-refractivity contribution in [3.05, 3.63) is 54.9 Å². The van der Waals surface area contributed by atoms with Crippen LogP contribution in [-0.2, 0) is 10.0 Å². The van der Waals surface area contributed by atoms with Crippen molar-refractivity contribution in [2.45, 2.75) is 4.90 Å². The van der Waals surface area contributed by atoms with Crippen LogP contribution in [0.15, 0.2) is 59.8 Å². The molecule has 0 fully saturated rings. The number of aromatic amines is 1. The lowest BCUT2D eigenvalue weighted by molar-refractivity contribution is 0.595. The predicted molar refractivity (Wildman–Crippen MR) is 78.1 cm³/mol. The molecule has 0 saturated carbocycles. The van der Waals surface area contributed by atoms with Gasteiger partial charge in [0.25, 0.3) is 10.0 Å². The summed E-state index contributed by atoms with van der Waals surface area (Å²) in [7, 11) is -2.07. The van der Waals surface area contributed by atoms with Crippen LogP contribution in [0.2, 0.25) is 0 Å². The van der Waals surface area contributed by atoms with Gasteiger partial charge in [-0.15, -0.1) is 0 Å². The van der Waals surface area contributed by atoms with Crippen molar-refractivity contribution in [1.29, 1.82) is 0 Å².